The van der Waals surface area contributed by atoms with Crippen LogP contribution >= 0.6 is 0 Å². The summed E-state index contributed by atoms with van der Waals surface area (Å²) in [5.74, 6) is 0.778. The molecule has 0 spiro atoms. The molecular formula is C19H30N2O. The van der Waals surface area contributed by atoms with Gasteiger partial charge in [0.2, 0.25) is 0 Å². The topological polar surface area (TPSA) is 35.0 Å². The zero-order valence-electron chi connectivity index (χ0n) is 15.3. The number of rotatable bonds is 2. The van der Waals surface area contributed by atoms with E-state index >= 15 is 0 Å². The van der Waals surface area contributed by atoms with Gasteiger partial charge in [0.15, 0.2) is 0 Å². The SMILES string of the molecule is C/C=c1/nc2c(CC)ccc(OC)c2n/c1=C/C.CC.CC. The molecule has 0 saturated heterocycles. The summed E-state index contributed by atoms with van der Waals surface area (Å²) in [6.45, 7) is 14.1. The van der Waals surface area contributed by atoms with Gasteiger partial charge >= 0.3 is 0 Å². The van der Waals surface area contributed by atoms with Gasteiger partial charge < -0.3 is 4.74 Å². The molecule has 0 fully saturated rings. The van der Waals surface area contributed by atoms with Crippen LogP contribution in [-0.4, -0.2) is 17.1 Å². The number of hydrogen-bond acceptors (Lipinski definition) is 3. The molecule has 0 atom stereocenters. The van der Waals surface area contributed by atoms with Gasteiger partial charge in [-0.25, -0.2) is 9.97 Å². The summed E-state index contributed by atoms with van der Waals surface area (Å²) in [5.41, 5.74) is 2.98. The van der Waals surface area contributed by atoms with Gasteiger partial charge in [0.1, 0.15) is 11.3 Å². The summed E-state index contributed by atoms with van der Waals surface area (Å²) >= 11 is 0. The first kappa shape index (κ1) is 20.1. The molecule has 1 heterocycles. The van der Waals surface area contributed by atoms with Gasteiger partial charge in [0.25, 0.3) is 0 Å². The average molecular weight is 302 g/mol. The van der Waals surface area contributed by atoms with Crippen molar-refractivity contribution in [2.45, 2.75) is 54.9 Å². The fourth-order valence-corrected chi connectivity index (χ4v) is 2.07. The Bertz CT molecular complexity index is 630. The molecule has 1 aromatic heterocycles. The molecule has 2 rings (SSSR count). The molecule has 0 N–H and O–H groups in total. The highest BCUT2D eigenvalue weighted by Gasteiger charge is 2.08. The Labute approximate surface area is 134 Å². The zero-order valence-corrected chi connectivity index (χ0v) is 15.3. The molecule has 0 aliphatic heterocycles. The molecule has 2 aromatic rings. The van der Waals surface area contributed by atoms with Gasteiger partial charge in [-0.15, -0.1) is 0 Å². The molecule has 3 nitrogen and oxygen atoms in total. The number of aromatic nitrogens is 2. The van der Waals surface area contributed by atoms with E-state index in [1.165, 1.54) is 5.56 Å². The number of methoxy groups -OCH3 is 1. The van der Waals surface area contributed by atoms with E-state index in [0.29, 0.717) is 0 Å². The van der Waals surface area contributed by atoms with Crippen molar-refractivity contribution in [3.8, 4) is 5.75 Å². The lowest BCUT2D eigenvalue weighted by Gasteiger charge is -2.08. The Morgan fingerprint density at radius 1 is 0.909 bits per heavy atom. The third kappa shape index (κ3) is 4.30. The fraction of sp³-hybridized carbons (Fsp3) is 0.474. The van der Waals surface area contributed by atoms with E-state index in [1.807, 2.05) is 59.8 Å². The molecule has 0 bridgehead atoms. The lowest BCUT2D eigenvalue weighted by molar-refractivity contribution is 0.418. The molecule has 0 unspecified atom stereocenters. The van der Waals surface area contributed by atoms with Crippen LogP contribution in [0.4, 0.5) is 0 Å². The Kier molecular flexibility index (Phi) is 9.84. The summed E-state index contributed by atoms with van der Waals surface area (Å²) in [4.78, 5) is 9.38. The summed E-state index contributed by atoms with van der Waals surface area (Å²) < 4.78 is 5.37. The number of fused-ring (bicyclic) bond motifs is 1. The molecule has 0 radical (unpaired) electrons. The van der Waals surface area contributed by atoms with Gasteiger partial charge in [-0.2, -0.15) is 0 Å². The van der Waals surface area contributed by atoms with Crippen molar-refractivity contribution in [2.24, 2.45) is 0 Å². The Morgan fingerprint density at radius 2 is 1.41 bits per heavy atom. The van der Waals surface area contributed by atoms with Crippen molar-refractivity contribution in [1.82, 2.24) is 9.97 Å². The summed E-state index contributed by atoms with van der Waals surface area (Å²) in [6, 6.07) is 4.02. The van der Waals surface area contributed by atoms with Crippen LogP contribution in [0.15, 0.2) is 12.1 Å². The monoisotopic (exact) mass is 302 g/mol. The van der Waals surface area contributed by atoms with Crippen molar-refractivity contribution in [3.05, 3.63) is 28.4 Å². The van der Waals surface area contributed by atoms with E-state index in [9.17, 15) is 0 Å². The van der Waals surface area contributed by atoms with Crippen LogP contribution in [0.3, 0.4) is 0 Å². The lowest BCUT2D eigenvalue weighted by atomic mass is 10.1. The molecule has 0 aliphatic rings. The predicted molar refractivity (Wildman–Crippen MR) is 97.7 cm³/mol. The van der Waals surface area contributed by atoms with Crippen molar-refractivity contribution in [2.75, 3.05) is 7.11 Å². The second-order valence-electron chi connectivity index (χ2n) is 4.05. The van der Waals surface area contributed by atoms with Gasteiger partial charge in [-0.1, -0.05) is 52.8 Å². The van der Waals surface area contributed by atoms with Crippen LogP contribution < -0.4 is 15.4 Å². The van der Waals surface area contributed by atoms with Crippen molar-refractivity contribution >= 4 is 23.2 Å². The van der Waals surface area contributed by atoms with Gasteiger partial charge in [0.05, 0.1) is 23.3 Å². The van der Waals surface area contributed by atoms with Gasteiger partial charge in [-0.05, 0) is 31.9 Å². The summed E-state index contributed by atoms with van der Waals surface area (Å²) in [7, 11) is 1.66. The fourth-order valence-electron chi connectivity index (χ4n) is 2.07. The number of aryl methyl sites for hydroxylation is 1. The van der Waals surface area contributed by atoms with E-state index < -0.39 is 0 Å². The van der Waals surface area contributed by atoms with Crippen LogP contribution in [0, 0.1) is 0 Å². The Balaban J connectivity index is 0.00000102. The predicted octanol–water partition coefficient (Wildman–Crippen LogP) is 3.85. The van der Waals surface area contributed by atoms with Crippen LogP contribution in [0.1, 0.15) is 54.0 Å². The van der Waals surface area contributed by atoms with E-state index in [-0.39, 0.29) is 0 Å². The third-order valence-electron chi connectivity index (χ3n) is 3.07. The first-order valence-corrected chi connectivity index (χ1v) is 8.21. The second-order valence-corrected chi connectivity index (χ2v) is 4.05. The highest BCUT2D eigenvalue weighted by Crippen LogP contribution is 2.23. The van der Waals surface area contributed by atoms with Crippen molar-refractivity contribution in [1.29, 1.82) is 0 Å². The maximum absolute atomic E-state index is 5.37. The average Bonchev–Trinajstić information content (AvgIpc) is 2.62. The maximum Gasteiger partial charge on any atom is 0.146 e. The van der Waals surface area contributed by atoms with Crippen LogP contribution in [0.5, 0.6) is 5.75 Å². The quantitative estimate of drug-likeness (QED) is 0.845. The normalized spacial score (nSPS) is 11.5. The molecule has 0 saturated carbocycles. The summed E-state index contributed by atoms with van der Waals surface area (Å²) in [5, 5.41) is 1.82. The Morgan fingerprint density at radius 3 is 1.82 bits per heavy atom. The second kappa shape index (κ2) is 10.8. The van der Waals surface area contributed by atoms with Crippen LogP contribution in [-0.2, 0) is 6.42 Å². The molecule has 3 heteroatoms. The number of ether oxygens (including phenoxy) is 1. The minimum Gasteiger partial charge on any atom is -0.494 e. The minimum absolute atomic E-state index is 0.778. The van der Waals surface area contributed by atoms with Crippen molar-refractivity contribution in [3.63, 3.8) is 0 Å². The number of hydrogen-bond donors (Lipinski definition) is 0. The summed E-state index contributed by atoms with van der Waals surface area (Å²) in [6.07, 6.45) is 4.90. The van der Waals surface area contributed by atoms with Crippen molar-refractivity contribution < 1.29 is 4.74 Å². The van der Waals surface area contributed by atoms with Crippen LogP contribution in [0.25, 0.3) is 23.2 Å². The van der Waals surface area contributed by atoms with E-state index in [4.69, 9.17) is 9.72 Å². The highest BCUT2D eigenvalue weighted by molar-refractivity contribution is 5.84. The largest absolute Gasteiger partial charge is 0.494 e. The van der Waals surface area contributed by atoms with E-state index in [0.717, 1.165) is 33.9 Å². The molecule has 0 aliphatic carbocycles. The molecular weight excluding hydrogens is 272 g/mol. The minimum atomic E-state index is 0.778. The van der Waals surface area contributed by atoms with E-state index in [1.54, 1.807) is 7.11 Å². The smallest absolute Gasteiger partial charge is 0.146 e. The molecule has 1 aromatic carbocycles. The third-order valence-corrected chi connectivity index (χ3v) is 3.07. The van der Waals surface area contributed by atoms with Gasteiger partial charge in [0, 0.05) is 0 Å². The zero-order chi connectivity index (χ0) is 17.1. The number of nitrogens with zero attached hydrogens (tertiary/aromatic N) is 2. The Hall–Kier alpha value is -1.90. The number of benzene rings is 1. The molecule has 22 heavy (non-hydrogen) atoms. The molecule has 122 valence electrons. The van der Waals surface area contributed by atoms with Crippen LogP contribution in [0.2, 0.25) is 0 Å². The molecule has 0 amide bonds. The first-order valence-electron chi connectivity index (χ1n) is 8.21. The first-order chi connectivity index (χ1) is 10.7. The highest BCUT2D eigenvalue weighted by atomic mass is 16.5. The van der Waals surface area contributed by atoms with Gasteiger partial charge in [-0.3, -0.25) is 0 Å². The maximum atomic E-state index is 5.37. The van der Waals surface area contributed by atoms with E-state index in [2.05, 4.69) is 18.0 Å². The lowest BCUT2D eigenvalue weighted by Crippen LogP contribution is -2.31. The standard InChI is InChI=1S/C15H18N2O.2C2H6/c1-5-10-8-9-13(18-4)15-14(10)16-11(6-2)12(7-3)17-15;2*1-2/h6-9H,5H2,1-4H3;2*1-2H3/b11-6+,12-7+;;.